The van der Waals surface area contributed by atoms with Gasteiger partial charge in [-0.25, -0.2) is 4.79 Å². The van der Waals surface area contributed by atoms with E-state index >= 15 is 0 Å². The SMILES string of the molecule is CCOC(=O)CCNC(=O)N1CCCCC[C@H]1c1ccc(C)cc1. The van der Waals surface area contributed by atoms with Crippen LogP contribution >= 0.6 is 0 Å². The van der Waals surface area contributed by atoms with E-state index in [1.807, 2.05) is 4.90 Å². The summed E-state index contributed by atoms with van der Waals surface area (Å²) >= 11 is 0. The third-order valence-electron chi connectivity index (χ3n) is 4.39. The molecule has 0 aromatic heterocycles. The van der Waals surface area contributed by atoms with Gasteiger partial charge in [-0.15, -0.1) is 0 Å². The highest BCUT2D eigenvalue weighted by molar-refractivity contribution is 5.76. The lowest BCUT2D eigenvalue weighted by Crippen LogP contribution is -2.42. The van der Waals surface area contributed by atoms with Crippen LogP contribution in [0.5, 0.6) is 0 Å². The Morgan fingerprint density at radius 1 is 1.21 bits per heavy atom. The van der Waals surface area contributed by atoms with E-state index in [9.17, 15) is 9.59 Å². The standard InChI is InChI=1S/C19H28N2O3/c1-3-24-18(22)12-13-20-19(23)21-14-6-4-5-7-17(21)16-10-8-15(2)9-11-16/h8-11,17H,3-7,12-14H2,1-2H3,(H,20,23)/t17-/m0/s1. The fraction of sp³-hybridized carbons (Fsp3) is 0.579. The number of benzene rings is 1. The van der Waals surface area contributed by atoms with Gasteiger partial charge in [0.1, 0.15) is 0 Å². The number of aryl methyl sites for hydroxylation is 1. The van der Waals surface area contributed by atoms with Gasteiger partial charge in [0.15, 0.2) is 0 Å². The topological polar surface area (TPSA) is 58.6 Å². The number of nitrogens with zero attached hydrogens (tertiary/aromatic N) is 1. The molecule has 1 heterocycles. The summed E-state index contributed by atoms with van der Waals surface area (Å²) in [6, 6.07) is 8.44. The van der Waals surface area contributed by atoms with Gasteiger partial charge in [-0.3, -0.25) is 4.79 Å². The van der Waals surface area contributed by atoms with Crippen molar-refractivity contribution in [3.63, 3.8) is 0 Å². The van der Waals surface area contributed by atoms with Gasteiger partial charge in [-0.05, 0) is 32.3 Å². The Kier molecular flexibility index (Phi) is 7.09. The van der Waals surface area contributed by atoms with E-state index in [2.05, 4.69) is 36.5 Å². The minimum atomic E-state index is -0.274. The first-order valence-electron chi connectivity index (χ1n) is 8.88. The van der Waals surface area contributed by atoms with Crippen LogP contribution in [-0.2, 0) is 9.53 Å². The molecule has 1 aromatic carbocycles. The number of esters is 1. The molecule has 0 saturated carbocycles. The molecule has 1 fully saturated rings. The predicted octanol–water partition coefficient (Wildman–Crippen LogP) is 3.57. The quantitative estimate of drug-likeness (QED) is 0.839. The van der Waals surface area contributed by atoms with Gasteiger partial charge in [-0.2, -0.15) is 0 Å². The molecule has 1 aliphatic heterocycles. The lowest BCUT2D eigenvalue weighted by Gasteiger charge is -2.30. The second-order valence-electron chi connectivity index (χ2n) is 6.26. The number of urea groups is 1. The van der Waals surface area contributed by atoms with Gasteiger partial charge in [0.25, 0.3) is 0 Å². The molecule has 1 N–H and O–H groups in total. The normalized spacial score (nSPS) is 17.9. The Bertz CT molecular complexity index is 542. The van der Waals surface area contributed by atoms with Crippen LogP contribution in [0, 0.1) is 6.92 Å². The molecule has 0 spiro atoms. The number of carbonyl (C=O) groups is 2. The molecule has 24 heavy (non-hydrogen) atoms. The van der Waals surface area contributed by atoms with Crippen molar-refractivity contribution in [2.45, 2.75) is 52.0 Å². The van der Waals surface area contributed by atoms with E-state index in [1.54, 1.807) is 6.92 Å². The smallest absolute Gasteiger partial charge is 0.317 e. The molecule has 1 aliphatic rings. The number of ether oxygens (including phenoxy) is 1. The predicted molar refractivity (Wildman–Crippen MR) is 93.7 cm³/mol. The summed E-state index contributed by atoms with van der Waals surface area (Å²) in [5.41, 5.74) is 2.40. The molecule has 0 radical (unpaired) electrons. The largest absolute Gasteiger partial charge is 0.466 e. The molecule has 0 aliphatic carbocycles. The molecule has 5 nitrogen and oxygen atoms in total. The van der Waals surface area contributed by atoms with E-state index in [0.29, 0.717) is 13.2 Å². The Morgan fingerprint density at radius 3 is 2.67 bits per heavy atom. The molecule has 2 rings (SSSR count). The van der Waals surface area contributed by atoms with Crippen LogP contribution < -0.4 is 5.32 Å². The molecule has 0 unspecified atom stereocenters. The molecule has 1 saturated heterocycles. The lowest BCUT2D eigenvalue weighted by atomic mass is 10.00. The number of hydrogen-bond donors (Lipinski definition) is 1. The summed E-state index contributed by atoms with van der Waals surface area (Å²) in [7, 11) is 0. The van der Waals surface area contributed by atoms with Gasteiger partial charge in [0.2, 0.25) is 0 Å². The summed E-state index contributed by atoms with van der Waals surface area (Å²) in [5.74, 6) is -0.274. The highest BCUT2D eigenvalue weighted by Gasteiger charge is 2.26. The Morgan fingerprint density at radius 2 is 1.96 bits per heavy atom. The van der Waals surface area contributed by atoms with E-state index in [4.69, 9.17) is 4.74 Å². The summed E-state index contributed by atoms with van der Waals surface area (Å²) in [5, 5.41) is 2.87. The number of nitrogens with one attached hydrogen (secondary N) is 1. The molecule has 132 valence electrons. The summed E-state index contributed by atoms with van der Waals surface area (Å²) < 4.78 is 4.89. The molecule has 2 amide bonds. The van der Waals surface area contributed by atoms with Gasteiger partial charge >= 0.3 is 12.0 Å². The van der Waals surface area contributed by atoms with Gasteiger partial charge in [0, 0.05) is 13.1 Å². The zero-order valence-electron chi connectivity index (χ0n) is 14.7. The molecule has 5 heteroatoms. The third-order valence-corrected chi connectivity index (χ3v) is 4.39. The number of rotatable bonds is 5. The van der Waals surface area contributed by atoms with Crippen LogP contribution in [0.15, 0.2) is 24.3 Å². The first kappa shape index (κ1) is 18.3. The molecule has 1 atom stereocenters. The monoisotopic (exact) mass is 332 g/mol. The zero-order chi connectivity index (χ0) is 17.4. The second-order valence-corrected chi connectivity index (χ2v) is 6.26. The maximum Gasteiger partial charge on any atom is 0.317 e. The summed E-state index contributed by atoms with van der Waals surface area (Å²) in [6.45, 7) is 5.28. The lowest BCUT2D eigenvalue weighted by molar-refractivity contribution is -0.142. The summed E-state index contributed by atoms with van der Waals surface area (Å²) in [6.07, 6.45) is 4.49. The zero-order valence-corrected chi connectivity index (χ0v) is 14.7. The number of hydrogen-bond acceptors (Lipinski definition) is 3. The van der Waals surface area contributed by atoms with Crippen molar-refractivity contribution in [2.75, 3.05) is 19.7 Å². The van der Waals surface area contributed by atoms with Gasteiger partial charge in [0.05, 0.1) is 19.1 Å². The fourth-order valence-corrected chi connectivity index (χ4v) is 3.09. The van der Waals surface area contributed by atoms with E-state index in [-0.39, 0.29) is 24.5 Å². The van der Waals surface area contributed by atoms with Crippen molar-refractivity contribution in [1.82, 2.24) is 10.2 Å². The molecule has 0 bridgehead atoms. The summed E-state index contributed by atoms with van der Waals surface area (Å²) in [4.78, 5) is 25.9. The maximum absolute atomic E-state index is 12.6. The third kappa shape index (κ3) is 5.25. The van der Waals surface area contributed by atoms with Crippen molar-refractivity contribution in [1.29, 1.82) is 0 Å². The number of likely N-dealkylation sites (tertiary alicyclic amines) is 1. The molecule has 1 aromatic rings. The highest BCUT2D eigenvalue weighted by atomic mass is 16.5. The van der Waals surface area contributed by atoms with E-state index in [1.165, 1.54) is 11.1 Å². The van der Waals surface area contributed by atoms with Gasteiger partial charge < -0.3 is 15.0 Å². The van der Waals surface area contributed by atoms with E-state index in [0.717, 1.165) is 32.2 Å². The van der Waals surface area contributed by atoms with Crippen LogP contribution in [0.25, 0.3) is 0 Å². The first-order chi connectivity index (χ1) is 11.6. The van der Waals surface area contributed by atoms with Crippen molar-refractivity contribution in [3.05, 3.63) is 35.4 Å². The van der Waals surface area contributed by atoms with Crippen LogP contribution in [-0.4, -0.2) is 36.6 Å². The van der Waals surface area contributed by atoms with Crippen LogP contribution in [0.1, 0.15) is 56.2 Å². The van der Waals surface area contributed by atoms with Gasteiger partial charge in [-0.1, -0.05) is 42.7 Å². The van der Waals surface area contributed by atoms with Crippen LogP contribution in [0.2, 0.25) is 0 Å². The number of carbonyl (C=O) groups excluding carboxylic acids is 2. The Balaban J connectivity index is 1.99. The highest BCUT2D eigenvalue weighted by Crippen LogP contribution is 2.30. The fourth-order valence-electron chi connectivity index (χ4n) is 3.09. The average molecular weight is 332 g/mol. The van der Waals surface area contributed by atoms with Crippen molar-refractivity contribution < 1.29 is 14.3 Å². The minimum Gasteiger partial charge on any atom is -0.466 e. The molecular formula is C19H28N2O3. The van der Waals surface area contributed by atoms with E-state index < -0.39 is 0 Å². The van der Waals surface area contributed by atoms with Crippen LogP contribution in [0.4, 0.5) is 4.79 Å². The van der Waals surface area contributed by atoms with Crippen molar-refractivity contribution >= 4 is 12.0 Å². The van der Waals surface area contributed by atoms with Crippen molar-refractivity contribution in [2.24, 2.45) is 0 Å². The van der Waals surface area contributed by atoms with Crippen LogP contribution in [0.3, 0.4) is 0 Å². The number of amides is 2. The minimum absolute atomic E-state index is 0.0910. The van der Waals surface area contributed by atoms with Crippen molar-refractivity contribution in [3.8, 4) is 0 Å². The Labute approximate surface area is 144 Å². The second kappa shape index (κ2) is 9.30. The maximum atomic E-state index is 12.6. The molecular weight excluding hydrogens is 304 g/mol. The Hall–Kier alpha value is -2.04. The average Bonchev–Trinajstić information content (AvgIpc) is 2.81. The first-order valence-corrected chi connectivity index (χ1v) is 8.88.